The molecule has 0 bridgehead atoms. The lowest BCUT2D eigenvalue weighted by Gasteiger charge is -2.28. The number of carbonyl (C=O) groups is 1. The van der Waals surface area contributed by atoms with Crippen LogP contribution in [0.15, 0.2) is 85.5 Å². The number of rotatable bonds is 7. The predicted molar refractivity (Wildman–Crippen MR) is 137 cm³/mol. The second-order valence-electron chi connectivity index (χ2n) is 9.21. The van der Waals surface area contributed by atoms with Gasteiger partial charge in [-0.1, -0.05) is 24.3 Å². The lowest BCUT2D eigenvalue weighted by molar-refractivity contribution is 0.0635. The first kappa shape index (κ1) is 24.8. The van der Waals surface area contributed by atoms with Crippen molar-refractivity contribution in [1.29, 1.82) is 0 Å². The number of pyridine rings is 4. The van der Waals surface area contributed by atoms with Crippen molar-refractivity contribution in [1.82, 2.24) is 19.9 Å². The van der Waals surface area contributed by atoms with E-state index in [4.69, 9.17) is 19.4 Å². The number of nitrogens with zero attached hydrogens (tertiary/aromatic N) is 4. The van der Waals surface area contributed by atoms with Gasteiger partial charge in [-0.15, -0.1) is 0 Å². The summed E-state index contributed by atoms with van der Waals surface area (Å²) in [5.74, 6) is 0.326. The Hall–Kier alpha value is -4.33. The Morgan fingerprint density at radius 2 is 1.42 bits per heavy atom. The Kier molecular flexibility index (Phi) is 7.53. The highest BCUT2D eigenvalue weighted by Crippen LogP contribution is 2.41. The van der Waals surface area contributed by atoms with Crippen molar-refractivity contribution in [3.05, 3.63) is 108 Å². The highest BCUT2D eigenvalue weighted by atomic mass is 16.6. The molecule has 0 aliphatic rings. The molecule has 1 amide bonds. The lowest BCUT2D eigenvalue weighted by atomic mass is 9.78. The summed E-state index contributed by atoms with van der Waals surface area (Å²) in [6.45, 7) is 5.44. The van der Waals surface area contributed by atoms with Crippen LogP contribution in [0, 0.1) is 0 Å². The number of carbonyl (C=O) groups excluding carboxylic acids is 1. The topological polar surface area (TPSA) is 99.1 Å². The van der Waals surface area contributed by atoms with E-state index in [0.717, 1.165) is 16.8 Å². The van der Waals surface area contributed by atoms with Gasteiger partial charge in [-0.3, -0.25) is 15.3 Å². The van der Waals surface area contributed by atoms with Crippen LogP contribution in [0.3, 0.4) is 0 Å². The van der Waals surface area contributed by atoms with Gasteiger partial charge in [0.1, 0.15) is 11.4 Å². The molecule has 0 aromatic carbocycles. The fourth-order valence-electron chi connectivity index (χ4n) is 4.01. The van der Waals surface area contributed by atoms with Crippen LogP contribution in [0.1, 0.15) is 55.1 Å². The highest BCUT2D eigenvalue weighted by molar-refractivity contribution is 5.83. The maximum atomic E-state index is 12.4. The number of hydrogen-bond donors (Lipinski definition) is 1. The maximum Gasteiger partial charge on any atom is 0.413 e. The van der Waals surface area contributed by atoms with E-state index in [1.165, 1.54) is 0 Å². The second kappa shape index (κ2) is 10.9. The van der Waals surface area contributed by atoms with Gasteiger partial charge in [0.2, 0.25) is 5.88 Å². The van der Waals surface area contributed by atoms with Gasteiger partial charge in [0.15, 0.2) is 0 Å². The molecule has 36 heavy (non-hydrogen) atoms. The Morgan fingerprint density at radius 1 is 0.806 bits per heavy atom. The fourth-order valence-corrected chi connectivity index (χ4v) is 4.01. The molecule has 1 unspecified atom stereocenters. The van der Waals surface area contributed by atoms with Gasteiger partial charge >= 0.3 is 6.09 Å². The quantitative estimate of drug-likeness (QED) is 0.366. The third-order valence-corrected chi connectivity index (χ3v) is 5.41. The van der Waals surface area contributed by atoms with E-state index in [1.807, 2.05) is 81.7 Å². The summed E-state index contributed by atoms with van der Waals surface area (Å²) in [6, 6.07) is 19.0. The predicted octanol–water partition coefficient (Wildman–Crippen LogP) is 5.59. The highest BCUT2D eigenvalue weighted by Gasteiger charge is 2.31. The number of ether oxygens (including phenoxy) is 2. The number of methoxy groups -OCH3 is 1. The molecule has 0 aliphatic heterocycles. The first-order chi connectivity index (χ1) is 17.3. The van der Waals surface area contributed by atoms with Crippen LogP contribution in [0.25, 0.3) is 0 Å². The van der Waals surface area contributed by atoms with Crippen LogP contribution in [0.4, 0.5) is 10.6 Å². The minimum Gasteiger partial charge on any atom is -0.481 e. The molecule has 8 nitrogen and oxygen atoms in total. The van der Waals surface area contributed by atoms with E-state index >= 15 is 0 Å². The SMILES string of the molecule is COc1cccc(C(c2cccc(NC(=O)OC(C)(C)C)n2)C(c2cccnc2)c2cccnc2)n1. The van der Waals surface area contributed by atoms with E-state index in [1.54, 1.807) is 31.6 Å². The largest absolute Gasteiger partial charge is 0.481 e. The van der Waals surface area contributed by atoms with Gasteiger partial charge in [-0.25, -0.2) is 14.8 Å². The zero-order chi connectivity index (χ0) is 25.5. The molecule has 0 saturated carbocycles. The first-order valence-corrected chi connectivity index (χ1v) is 11.6. The average Bonchev–Trinajstić information content (AvgIpc) is 2.87. The summed E-state index contributed by atoms with van der Waals surface area (Å²) in [5.41, 5.74) is 2.80. The number of amides is 1. The molecular formula is C28H29N5O3. The standard InChI is InChI=1S/C28H29N5O3/c1-28(2,3)36-27(34)33-23-13-5-11-21(31-23)26(22-12-6-14-24(32-22)35-4)25(19-9-7-15-29-17-19)20-10-8-16-30-18-20/h5-18,25-26H,1-4H3,(H,31,33,34). The van der Waals surface area contributed by atoms with Crippen molar-refractivity contribution in [2.24, 2.45) is 0 Å². The van der Waals surface area contributed by atoms with Crippen LogP contribution in [0.2, 0.25) is 0 Å². The van der Waals surface area contributed by atoms with E-state index in [2.05, 4.69) is 15.3 Å². The van der Waals surface area contributed by atoms with Gasteiger partial charge < -0.3 is 9.47 Å². The fraction of sp³-hybridized carbons (Fsp3) is 0.250. The summed E-state index contributed by atoms with van der Waals surface area (Å²) in [6.07, 6.45) is 6.60. The van der Waals surface area contributed by atoms with Gasteiger partial charge in [0, 0.05) is 36.8 Å². The van der Waals surface area contributed by atoms with Crippen molar-refractivity contribution in [3.63, 3.8) is 0 Å². The summed E-state index contributed by atoms with van der Waals surface area (Å²) in [5, 5.41) is 2.74. The second-order valence-corrected chi connectivity index (χ2v) is 9.21. The van der Waals surface area contributed by atoms with Gasteiger partial charge in [0.05, 0.1) is 24.4 Å². The Balaban J connectivity index is 1.84. The summed E-state index contributed by atoms with van der Waals surface area (Å²) >= 11 is 0. The van der Waals surface area contributed by atoms with Gasteiger partial charge in [-0.2, -0.15) is 0 Å². The number of aromatic nitrogens is 4. The van der Waals surface area contributed by atoms with E-state index in [9.17, 15) is 4.79 Å². The minimum atomic E-state index is -0.625. The molecule has 4 heterocycles. The van der Waals surface area contributed by atoms with Crippen molar-refractivity contribution < 1.29 is 14.3 Å². The monoisotopic (exact) mass is 483 g/mol. The minimum absolute atomic E-state index is 0.212. The number of hydrogen-bond acceptors (Lipinski definition) is 7. The Morgan fingerprint density at radius 3 is 1.97 bits per heavy atom. The number of nitrogens with one attached hydrogen (secondary N) is 1. The van der Waals surface area contributed by atoms with Crippen molar-refractivity contribution in [3.8, 4) is 5.88 Å². The van der Waals surface area contributed by atoms with Crippen LogP contribution in [-0.2, 0) is 4.74 Å². The molecule has 184 valence electrons. The third kappa shape index (κ3) is 6.21. The van der Waals surface area contributed by atoms with E-state index < -0.39 is 11.7 Å². The molecule has 1 N–H and O–H groups in total. The van der Waals surface area contributed by atoms with Crippen LogP contribution < -0.4 is 10.1 Å². The molecular weight excluding hydrogens is 454 g/mol. The molecule has 1 atom stereocenters. The van der Waals surface area contributed by atoms with Crippen LogP contribution in [-0.4, -0.2) is 38.7 Å². The summed E-state index contributed by atoms with van der Waals surface area (Å²) in [4.78, 5) is 30.7. The van der Waals surface area contributed by atoms with Crippen molar-refractivity contribution in [2.75, 3.05) is 12.4 Å². The molecule has 0 aliphatic carbocycles. The summed E-state index contributed by atoms with van der Waals surface area (Å²) in [7, 11) is 1.59. The normalized spacial score (nSPS) is 12.1. The smallest absolute Gasteiger partial charge is 0.413 e. The number of anilines is 1. The van der Waals surface area contributed by atoms with Gasteiger partial charge in [0.25, 0.3) is 0 Å². The van der Waals surface area contributed by atoms with E-state index in [0.29, 0.717) is 17.4 Å². The Bertz CT molecular complexity index is 1250. The molecule has 4 aromatic heterocycles. The summed E-state index contributed by atoms with van der Waals surface area (Å²) < 4.78 is 10.8. The van der Waals surface area contributed by atoms with Gasteiger partial charge in [-0.05, 0) is 62.2 Å². The molecule has 0 saturated heterocycles. The third-order valence-electron chi connectivity index (χ3n) is 5.41. The molecule has 4 rings (SSSR count). The molecule has 0 radical (unpaired) electrons. The molecule has 8 heteroatoms. The average molecular weight is 484 g/mol. The van der Waals surface area contributed by atoms with Crippen LogP contribution in [0.5, 0.6) is 5.88 Å². The maximum absolute atomic E-state index is 12.4. The molecule has 4 aromatic rings. The van der Waals surface area contributed by atoms with Crippen molar-refractivity contribution >= 4 is 11.9 Å². The lowest BCUT2D eigenvalue weighted by Crippen LogP contribution is -2.27. The Labute approximate surface area is 210 Å². The zero-order valence-corrected chi connectivity index (χ0v) is 20.8. The zero-order valence-electron chi connectivity index (χ0n) is 20.8. The van der Waals surface area contributed by atoms with Crippen LogP contribution >= 0.6 is 0 Å². The first-order valence-electron chi connectivity index (χ1n) is 11.6. The molecule has 0 fully saturated rings. The molecule has 0 spiro atoms. The van der Waals surface area contributed by atoms with E-state index in [-0.39, 0.29) is 11.8 Å². The van der Waals surface area contributed by atoms with Crippen molar-refractivity contribution in [2.45, 2.75) is 38.2 Å².